The SMILES string of the molecule is O=C1CCCC1Oc1cc(N2C(=O)C3=C(CCCC3)C2=O)ccc1Cl. The van der Waals surface area contributed by atoms with E-state index < -0.39 is 6.10 Å². The smallest absolute Gasteiger partial charge is 0.261 e. The van der Waals surface area contributed by atoms with Crippen molar-refractivity contribution in [3.8, 4) is 5.75 Å². The van der Waals surface area contributed by atoms with Gasteiger partial charge in [-0.15, -0.1) is 0 Å². The van der Waals surface area contributed by atoms with E-state index in [-0.39, 0.29) is 17.6 Å². The van der Waals surface area contributed by atoms with Gasteiger partial charge in [-0.1, -0.05) is 11.6 Å². The number of benzene rings is 1. The van der Waals surface area contributed by atoms with Crippen LogP contribution in [0.2, 0.25) is 5.02 Å². The Labute approximate surface area is 150 Å². The van der Waals surface area contributed by atoms with Crippen molar-refractivity contribution >= 4 is 34.9 Å². The van der Waals surface area contributed by atoms with Gasteiger partial charge in [0.15, 0.2) is 11.9 Å². The number of halogens is 1. The number of hydrogen-bond acceptors (Lipinski definition) is 4. The molecule has 25 heavy (non-hydrogen) atoms. The molecule has 0 N–H and O–H groups in total. The van der Waals surface area contributed by atoms with E-state index >= 15 is 0 Å². The molecule has 6 heteroatoms. The highest BCUT2D eigenvalue weighted by atomic mass is 35.5. The molecule has 1 saturated carbocycles. The molecule has 1 fully saturated rings. The molecule has 1 aromatic carbocycles. The van der Waals surface area contributed by atoms with E-state index in [2.05, 4.69) is 0 Å². The minimum absolute atomic E-state index is 0.0620. The zero-order chi connectivity index (χ0) is 17.6. The minimum Gasteiger partial charge on any atom is -0.481 e. The van der Waals surface area contributed by atoms with Gasteiger partial charge in [-0.05, 0) is 50.7 Å². The Kier molecular flexibility index (Phi) is 4.12. The van der Waals surface area contributed by atoms with E-state index in [9.17, 15) is 14.4 Å². The van der Waals surface area contributed by atoms with Crippen LogP contribution in [0.3, 0.4) is 0 Å². The lowest BCUT2D eigenvalue weighted by atomic mass is 9.93. The summed E-state index contributed by atoms with van der Waals surface area (Å²) < 4.78 is 5.76. The monoisotopic (exact) mass is 359 g/mol. The summed E-state index contributed by atoms with van der Waals surface area (Å²) in [6.45, 7) is 0. The van der Waals surface area contributed by atoms with Gasteiger partial charge in [0.05, 0.1) is 10.7 Å². The van der Waals surface area contributed by atoms with Crippen LogP contribution >= 0.6 is 11.6 Å². The third-order valence-corrected chi connectivity index (χ3v) is 5.39. The first-order chi connectivity index (χ1) is 12.1. The van der Waals surface area contributed by atoms with E-state index in [0.717, 1.165) is 19.3 Å². The fourth-order valence-electron chi connectivity index (χ4n) is 3.76. The summed E-state index contributed by atoms with van der Waals surface area (Å²) in [5.41, 5.74) is 1.72. The molecule has 2 amide bonds. The number of nitrogens with zero attached hydrogens (tertiary/aromatic N) is 1. The van der Waals surface area contributed by atoms with Gasteiger partial charge in [0.1, 0.15) is 5.75 Å². The van der Waals surface area contributed by atoms with Crippen LogP contribution in [0.4, 0.5) is 5.69 Å². The molecule has 0 bridgehead atoms. The molecule has 1 aromatic rings. The van der Waals surface area contributed by atoms with Crippen LogP contribution in [0.25, 0.3) is 0 Å². The Balaban J connectivity index is 1.63. The predicted molar refractivity (Wildman–Crippen MR) is 92.7 cm³/mol. The summed E-state index contributed by atoms with van der Waals surface area (Å²) in [5.74, 6) is -0.0911. The molecule has 1 aliphatic heterocycles. The average molecular weight is 360 g/mol. The number of amides is 2. The van der Waals surface area contributed by atoms with Crippen molar-refractivity contribution in [1.29, 1.82) is 0 Å². The number of ketones is 1. The number of hydrogen-bond donors (Lipinski definition) is 0. The van der Waals surface area contributed by atoms with Crippen LogP contribution in [0.1, 0.15) is 44.9 Å². The van der Waals surface area contributed by atoms with E-state index in [1.54, 1.807) is 18.2 Å². The van der Waals surface area contributed by atoms with Gasteiger partial charge >= 0.3 is 0 Å². The lowest BCUT2D eigenvalue weighted by Gasteiger charge is -2.18. The topological polar surface area (TPSA) is 63.7 Å². The molecular formula is C19H18ClNO4. The number of ether oxygens (including phenoxy) is 1. The van der Waals surface area contributed by atoms with Crippen molar-refractivity contribution < 1.29 is 19.1 Å². The van der Waals surface area contributed by atoms with Gasteiger partial charge < -0.3 is 4.74 Å². The van der Waals surface area contributed by atoms with Crippen molar-refractivity contribution in [2.45, 2.75) is 51.0 Å². The first-order valence-electron chi connectivity index (χ1n) is 8.66. The summed E-state index contributed by atoms with van der Waals surface area (Å²) in [4.78, 5) is 38.3. The summed E-state index contributed by atoms with van der Waals surface area (Å²) in [7, 11) is 0. The van der Waals surface area contributed by atoms with Crippen LogP contribution < -0.4 is 9.64 Å². The zero-order valence-corrected chi connectivity index (χ0v) is 14.5. The van der Waals surface area contributed by atoms with E-state index in [1.807, 2.05) is 0 Å². The lowest BCUT2D eigenvalue weighted by Crippen LogP contribution is -2.31. The van der Waals surface area contributed by atoms with Crippen molar-refractivity contribution in [2.75, 3.05) is 4.90 Å². The normalized spacial score (nSPS) is 23.5. The number of imide groups is 1. The van der Waals surface area contributed by atoms with Crippen LogP contribution in [-0.4, -0.2) is 23.7 Å². The van der Waals surface area contributed by atoms with Crippen molar-refractivity contribution in [2.24, 2.45) is 0 Å². The van der Waals surface area contributed by atoms with Gasteiger partial charge in [0, 0.05) is 23.6 Å². The fourth-order valence-corrected chi connectivity index (χ4v) is 3.92. The summed E-state index contributed by atoms with van der Waals surface area (Å²) in [6, 6.07) is 4.83. The van der Waals surface area contributed by atoms with E-state index in [1.165, 1.54) is 4.90 Å². The number of Topliss-reactive ketones (excluding diaryl/α,β-unsaturated/α-hetero) is 1. The van der Waals surface area contributed by atoms with Gasteiger partial charge in [0.25, 0.3) is 11.8 Å². The van der Waals surface area contributed by atoms with E-state index in [4.69, 9.17) is 16.3 Å². The molecule has 0 aromatic heterocycles. The average Bonchev–Trinajstić information content (AvgIpc) is 3.12. The summed E-state index contributed by atoms with van der Waals surface area (Å²) in [5, 5.41) is 0.361. The number of carbonyl (C=O) groups is 3. The third kappa shape index (κ3) is 2.76. The molecule has 1 atom stereocenters. The molecule has 130 valence electrons. The Morgan fingerprint density at radius 3 is 2.24 bits per heavy atom. The first kappa shape index (κ1) is 16.3. The molecule has 0 saturated heterocycles. The van der Waals surface area contributed by atoms with Gasteiger partial charge in [0.2, 0.25) is 0 Å². The second-order valence-corrected chi connectivity index (χ2v) is 7.10. The molecule has 1 unspecified atom stereocenters. The van der Waals surface area contributed by atoms with Crippen molar-refractivity contribution in [3.05, 3.63) is 34.4 Å². The predicted octanol–water partition coefficient (Wildman–Crippen LogP) is 3.58. The number of anilines is 1. The molecule has 0 radical (unpaired) electrons. The molecule has 4 rings (SSSR count). The maximum absolute atomic E-state index is 12.7. The van der Waals surface area contributed by atoms with Crippen molar-refractivity contribution in [1.82, 2.24) is 0 Å². The Bertz CT molecular complexity index is 786. The minimum atomic E-state index is -0.496. The van der Waals surface area contributed by atoms with Crippen LogP contribution in [0, 0.1) is 0 Å². The van der Waals surface area contributed by atoms with Gasteiger partial charge in [-0.2, -0.15) is 0 Å². The highest BCUT2D eigenvalue weighted by Crippen LogP contribution is 2.38. The number of carbonyl (C=O) groups excluding carboxylic acids is 3. The second kappa shape index (κ2) is 6.30. The van der Waals surface area contributed by atoms with E-state index in [0.29, 0.717) is 53.3 Å². The molecule has 5 nitrogen and oxygen atoms in total. The maximum Gasteiger partial charge on any atom is 0.261 e. The highest BCUT2D eigenvalue weighted by Gasteiger charge is 2.40. The molecule has 3 aliphatic rings. The van der Waals surface area contributed by atoms with Gasteiger partial charge in [-0.25, -0.2) is 4.90 Å². The zero-order valence-electron chi connectivity index (χ0n) is 13.7. The first-order valence-corrected chi connectivity index (χ1v) is 9.04. The summed E-state index contributed by atoms with van der Waals surface area (Å²) in [6.07, 6.45) is 4.67. The Hall–Kier alpha value is -2.14. The lowest BCUT2D eigenvalue weighted by molar-refractivity contribution is -0.123. The Morgan fingerprint density at radius 2 is 1.64 bits per heavy atom. The standard InChI is InChI=1S/C19H18ClNO4/c20-14-9-8-11(10-17(14)25-16-7-3-6-15(16)22)21-18(23)12-4-1-2-5-13(12)19(21)24/h8-10,16H,1-7H2. The fraction of sp³-hybridized carbons (Fsp3) is 0.421. The largest absolute Gasteiger partial charge is 0.481 e. The maximum atomic E-state index is 12.7. The third-order valence-electron chi connectivity index (χ3n) is 5.08. The van der Waals surface area contributed by atoms with Crippen LogP contribution in [0.5, 0.6) is 5.75 Å². The Morgan fingerprint density at radius 1 is 0.960 bits per heavy atom. The molecule has 2 aliphatic carbocycles. The van der Waals surface area contributed by atoms with Crippen LogP contribution in [-0.2, 0) is 14.4 Å². The highest BCUT2D eigenvalue weighted by molar-refractivity contribution is 6.34. The molecular weight excluding hydrogens is 342 g/mol. The van der Waals surface area contributed by atoms with Gasteiger partial charge in [-0.3, -0.25) is 14.4 Å². The van der Waals surface area contributed by atoms with Crippen molar-refractivity contribution in [3.63, 3.8) is 0 Å². The molecule has 1 heterocycles. The quantitative estimate of drug-likeness (QED) is 0.774. The number of rotatable bonds is 3. The second-order valence-electron chi connectivity index (χ2n) is 6.69. The molecule has 0 spiro atoms. The van der Waals surface area contributed by atoms with Crippen LogP contribution in [0.15, 0.2) is 29.3 Å². The summed E-state index contributed by atoms with van der Waals surface area (Å²) >= 11 is 6.19.